The van der Waals surface area contributed by atoms with E-state index in [4.69, 9.17) is 23.4 Å². The number of aryl methyl sites for hydroxylation is 1. The van der Waals surface area contributed by atoms with Crippen LogP contribution in [0, 0.1) is 0 Å². The van der Waals surface area contributed by atoms with Gasteiger partial charge < -0.3 is 27.9 Å². The molecule has 0 amide bonds. The second-order valence-corrected chi connectivity index (χ2v) is 9.52. The molecule has 0 saturated heterocycles. The van der Waals surface area contributed by atoms with Crippen molar-refractivity contribution < 1.29 is 28.2 Å². The van der Waals surface area contributed by atoms with Crippen LogP contribution in [-0.2, 0) is 11.8 Å². The molecule has 0 saturated carbocycles. The maximum Gasteiger partial charge on any atom is 0.312 e. The van der Waals surface area contributed by atoms with Gasteiger partial charge >= 0.3 is 5.97 Å². The molecule has 3 aromatic carbocycles. The van der Waals surface area contributed by atoms with E-state index >= 15 is 0 Å². The van der Waals surface area contributed by atoms with E-state index in [-0.39, 0.29) is 39.9 Å². The van der Waals surface area contributed by atoms with Gasteiger partial charge in [-0.3, -0.25) is 14.4 Å². The van der Waals surface area contributed by atoms with Crippen molar-refractivity contribution in [2.75, 3.05) is 21.3 Å². The molecule has 0 radical (unpaired) electrons. The number of fused-ring (bicyclic) bond motifs is 4. The number of hydrogen-bond donors (Lipinski definition) is 0. The number of pyridine rings is 1. The molecule has 0 spiro atoms. The summed E-state index contributed by atoms with van der Waals surface area (Å²) < 4.78 is 29.3. The highest BCUT2D eigenvalue weighted by molar-refractivity contribution is 5.94. The predicted molar refractivity (Wildman–Crippen MR) is 149 cm³/mol. The van der Waals surface area contributed by atoms with Crippen LogP contribution in [0.3, 0.4) is 0 Å². The quantitative estimate of drug-likeness (QED) is 0.232. The van der Waals surface area contributed by atoms with Crippen LogP contribution >= 0.6 is 0 Å². The van der Waals surface area contributed by atoms with E-state index in [0.29, 0.717) is 39.3 Å². The Kier molecular flexibility index (Phi) is 6.06. The molecule has 1 atom stereocenters. The molecule has 0 bridgehead atoms. The van der Waals surface area contributed by atoms with E-state index in [1.807, 2.05) is 6.07 Å². The largest absolute Gasteiger partial charge is 0.497 e. The maximum absolute atomic E-state index is 13.9. The van der Waals surface area contributed by atoms with Crippen molar-refractivity contribution in [3.05, 3.63) is 92.6 Å². The highest BCUT2D eigenvalue weighted by Crippen LogP contribution is 2.45. The average Bonchev–Trinajstić information content (AvgIpc) is 2.98. The number of benzene rings is 3. The van der Waals surface area contributed by atoms with Crippen LogP contribution in [0.5, 0.6) is 23.0 Å². The van der Waals surface area contributed by atoms with Crippen molar-refractivity contribution >= 4 is 27.8 Å². The van der Waals surface area contributed by atoms with Crippen LogP contribution in [0.1, 0.15) is 23.5 Å². The fraction of sp³-hybridized carbons (Fsp3) is 0.194. The third-order valence-corrected chi connectivity index (χ3v) is 7.41. The molecular formula is C31H25NO8. The van der Waals surface area contributed by atoms with Crippen LogP contribution < -0.4 is 29.9 Å². The maximum atomic E-state index is 13.9. The summed E-state index contributed by atoms with van der Waals surface area (Å²) in [5.41, 5.74) is 2.07. The van der Waals surface area contributed by atoms with Gasteiger partial charge in [0.15, 0.2) is 0 Å². The highest BCUT2D eigenvalue weighted by atomic mass is 16.5. The summed E-state index contributed by atoms with van der Waals surface area (Å²) >= 11 is 0. The second kappa shape index (κ2) is 9.60. The Balaban J connectivity index is 1.61. The van der Waals surface area contributed by atoms with Crippen molar-refractivity contribution in [3.8, 4) is 34.1 Å². The third kappa shape index (κ3) is 3.89. The van der Waals surface area contributed by atoms with Gasteiger partial charge in [-0.25, -0.2) is 0 Å². The predicted octanol–water partition coefficient (Wildman–Crippen LogP) is 4.78. The lowest BCUT2D eigenvalue weighted by Gasteiger charge is -2.26. The monoisotopic (exact) mass is 539 g/mol. The Morgan fingerprint density at radius 3 is 2.30 bits per heavy atom. The normalized spacial score (nSPS) is 14.6. The van der Waals surface area contributed by atoms with E-state index in [9.17, 15) is 14.4 Å². The molecule has 9 heteroatoms. The van der Waals surface area contributed by atoms with Crippen molar-refractivity contribution in [3.63, 3.8) is 0 Å². The lowest BCUT2D eigenvalue weighted by Crippen LogP contribution is -2.29. The van der Waals surface area contributed by atoms with E-state index in [1.54, 1.807) is 63.7 Å². The van der Waals surface area contributed by atoms with Gasteiger partial charge in [0, 0.05) is 36.2 Å². The number of hydrogen-bond acceptors (Lipinski definition) is 8. The Labute approximate surface area is 228 Å². The molecule has 9 nitrogen and oxygen atoms in total. The van der Waals surface area contributed by atoms with Crippen LogP contribution in [-0.4, -0.2) is 31.9 Å². The second-order valence-electron chi connectivity index (χ2n) is 9.52. The smallest absolute Gasteiger partial charge is 0.312 e. The van der Waals surface area contributed by atoms with Gasteiger partial charge in [0.2, 0.25) is 5.43 Å². The van der Waals surface area contributed by atoms with Gasteiger partial charge in [0.05, 0.1) is 38.8 Å². The number of ether oxygens (including phenoxy) is 4. The van der Waals surface area contributed by atoms with Crippen molar-refractivity contribution in [2.24, 2.45) is 7.05 Å². The molecule has 0 fully saturated rings. The fourth-order valence-corrected chi connectivity index (χ4v) is 5.36. The first-order valence-corrected chi connectivity index (χ1v) is 12.5. The van der Waals surface area contributed by atoms with E-state index < -0.39 is 11.9 Å². The SMILES string of the molecule is COc1ccc(-c2coc3c4c(cc(OC)c3c2=O)OC(=O)C[C@H]4c2cc3ccc(OC)cc3n(C)c2=O)cc1. The minimum absolute atomic E-state index is 0.102. The molecule has 1 aliphatic heterocycles. The van der Waals surface area contributed by atoms with Crippen LogP contribution in [0.2, 0.25) is 0 Å². The average molecular weight is 540 g/mol. The Morgan fingerprint density at radius 2 is 1.60 bits per heavy atom. The van der Waals surface area contributed by atoms with Gasteiger partial charge in [-0.2, -0.15) is 0 Å². The number of carbonyl (C=O) groups excluding carboxylic acids is 1. The first-order valence-electron chi connectivity index (χ1n) is 12.5. The molecule has 0 N–H and O–H groups in total. The summed E-state index contributed by atoms with van der Waals surface area (Å²) in [6.07, 6.45) is 1.28. The summed E-state index contributed by atoms with van der Waals surface area (Å²) in [6.45, 7) is 0. The summed E-state index contributed by atoms with van der Waals surface area (Å²) in [5, 5.41) is 0.985. The summed E-state index contributed by atoms with van der Waals surface area (Å²) in [4.78, 5) is 40.3. The van der Waals surface area contributed by atoms with Gasteiger partial charge in [0.25, 0.3) is 5.56 Å². The molecule has 40 heavy (non-hydrogen) atoms. The standard InChI is InChI=1S/C31H25NO8/c1-32-23-12-19(37-3)10-7-17(23)11-21(31(32)35)20-13-26(33)40-25-14-24(38-4)28-29(34)22(15-39-30(28)27(20)25)16-5-8-18(36-2)9-6-16/h5-12,14-15,20H,13H2,1-4H3/t20-/m0/s1. The minimum Gasteiger partial charge on any atom is -0.497 e. The van der Waals surface area contributed by atoms with Crippen LogP contribution in [0.25, 0.3) is 33.0 Å². The number of carbonyl (C=O) groups is 1. The zero-order valence-electron chi connectivity index (χ0n) is 22.3. The topological polar surface area (TPSA) is 106 Å². The summed E-state index contributed by atoms with van der Waals surface area (Å²) in [6, 6.07) is 15.8. The fourth-order valence-electron chi connectivity index (χ4n) is 5.36. The molecule has 2 aromatic heterocycles. The zero-order valence-corrected chi connectivity index (χ0v) is 22.3. The number of nitrogens with zero attached hydrogens (tertiary/aromatic N) is 1. The minimum atomic E-state index is -0.718. The molecule has 0 aliphatic carbocycles. The number of aromatic nitrogens is 1. The van der Waals surface area contributed by atoms with E-state index in [1.165, 1.54) is 24.0 Å². The lowest BCUT2D eigenvalue weighted by molar-refractivity contribution is -0.135. The molecule has 5 aromatic rings. The number of rotatable bonds is 5. The van der Waals surface area contributed by atoms with Gasteiger partial charge in [0.1, 0.15) is 40.2 Å². The van der Waals surface area contributed by atoms with Gasteiger partial charge in [-0.05, 0) is 41.3 Å². The summed E-state index contributed by atoms with van der Waals surface area (Å²) in [7, 11) is 6.22. The molecule has 202 valence electrons. The first kappa shape index (κ1) is 25.2. The molecule has 3 heterocycles. The molecule has 0 unspecified atom stereocenters. The van der Waals surface area contributed by atoms with Gasteiger partial charge in [-0.15, -0.1) is 0 Å². The van der Waals surface area contributed by atoms with Crippen molar-refractivity contribution in [1.82, 2.24) is 4.57 Å². The first-order chi connectivity index (χ1) is 19.3. The molecule has 6 rings (SSSR count). The Bertz CT molecular complexity index is 1940. The Hall–Kier alpha value is -5.05. The molecule has 1 aliphatic rings. The van der Waals surface area contributed by atoms with E-state index in [0.717, 1.165) is 5.39 Å². The van der Waals surface area contributed by atoms with E-state index in [2.05, 4.69) is 0 Å². The number of methoxy groups -OCH3 is 3. The van der Waals surface area contributed by atoms with Crippen LogP contribution in [0.4, 0.5) is 0 Å². The Morgan fingerprint density at radius 1 is 0.875 bits per heavy atom. The summed E-state index contributed by atoms with van der Waals surface area (Å²) in [5.74, 6) is 0.431. The van der Waals surface area contributed by atoms with Crippen molar-refractivity contribution in [2.45, 2.75) is 12.3 Å². The zero-order chi connectivity index (χ0) is 28.1. The molecular weight excluding hydrogens is 514 g/mol. The number of esters is 1. The van der Waals surface area contributed by atoms with Crippen molar-refractivity contribution in [1.29, 1.82) is 0 Å². The van der Waals surface area contributed by atoms with Gasteiger partial charge in [-0.1, -0.05) is 12.1 Å². The van der Waals surface area contributed by atoms with Crippen LogP contribution in [0.15, 0.2) is 74.9 Å². The lowest BCUT2D eigenvalue weighted by atomic mass is 9.85. The third-order valence-electron chi connectivity index (χ3n) is 7.41. The highest BCUT2D eigenvalue weighted by Gasteiger charge is 2.35.